The highest BCUT2D eigenvalue weighted by Crippen LogP contribution is 2.41. The molecule has 3 aliphatic heterocycles. The van der Waals surface area contributed by atoms with Gasteiger partial charge < -0.3 is 64.3 Å². The standard InChI is InChI=1S/C83H96N12O10.4ClH/c1-7-63-72(50-23-26-66-53(35-50)38-60(90(66)4)45-93-34-14-18-59(93)42-86-56-15-11-10-12-16-56)87-78(97)69(75(63)96)82(102)105-77-65(9-3)74(52-25-28-68-55(37-52)40-62(92(68)6)47-95(44-49-21-22-49)58-17-13-31-85-41-58)89-80(99)71(77)83(103)104-76-64(8-2)73(88-79(98)70(76)81(100)101)51-24-27-67-54(36-51)39-61(91(67)5)46-94(43-48-19-20-48)57-29-32-84-33-30-57;;;;/h10-12,15-16,23-28,35-40,48-49,57-59,84-86H,7-9,13-14,17-22,29-34,41-47H2,1-6H3,(H,88,98)(H,89,99)(H,100,101)(H2,87,96,97);4*1H/t58?,59-;;;;/m0..../s1. The number of H-pyrrole nitrogens is 3. The Morgan fingerprint density at radius 3 is 1.49 bits per heavy atom. The number of carbonyl (C=O) groups is 3. The minimum Gasteiger partial charge on any atom is -0.506 e. The molecule has 22 nitrogen and oxygen atoms in total. The number of rotatable bonds is 26. The number of aromatic amines is 3. The van der Waals surface area contributed by atoms with Crippen LogP contribution in [-0.4, -0.2) is 142 Å². The summed E-state index contributed by atoms with van der Waals surface area (Å²) in [5.41, 5.74) is 4.49. The van der Waals surface area contributed by atoms with Gasteiger partial charge in [0.25, 0.3) is 16.7 Å². The van der Waals surface area contributed by atoms with Crippen LogP contribution in [-0.2, 0) is 60.0 Å². The van der Waals surface area contributed by atoms with Gasteiger partial charge in [-0.2, -0.15) is 0 Å². The summed E-state index contributed by atoms with van der Waals surface area (Å²) in [5, 5.41) is 36.6. The molecule has 26 heteroatoms. The zero-order valence-electron chi connectivity index (χ0n) is 62.6. The van der Waals surface area contributed by atoms with Crippen molar-refractivity contribution in [2.75, 3.05) is 57.7 Å². The molecule has 109 heavy (non-hydrogen) atoms. The van der Waals surface area contributed by atoms with E-state index in [4.69, 9.17) is 9.47 Å². The Morgan fingerprint density at radius 1 is 0.523 bits per heavy atom. The number of likely N-dealkylation sites (tertiary alicyclic amines) is 1. The van der Waals surface area contributed by atoms with Crippen molar-refractivity contribution in [3.8, 4) is 51.0 Å². The fourth-order valence-electron chi connectivity index (χ4n) is 16.9. The normalized spacial score (nSPS) is 16.8. The first-order valence-electron chi connectivity index (χ1n) is 37.9. The second kappa shape index (κ2) is 34.7. The van der Waals surface area contributed by atoms with E-state index in [1.165, 1.54) is 25.7 Å². The molecule has 0 bridgehead atoms. The molecule has 4 aromatic carbocycles. The predicted octanol–water partition coefficient (Wildman–Crippen LogP) is 13.4. The molecule has 8 N–H and O–H groups in total. The SMILES string of the molecule is CCc1c(-c2ccc3c(c2)cc(CN2CCC[C@H]2CNc2ccccc2)n3C)[nH]c(=O)c(C(=O)Oc2c(CC)c(-c3ccc4c(c3)cc(CN(CC3CC3)C3CCCNC3)n4C)[nH]c(=O)c2C(=O)Oc2c(CC)c(-c3ccc4c(c3)cc(CN(CC3CC3)C3CCNCC3)n4C)[nH]c(=O)c2C(=O)O)c1O.Cl.Cl.Cl.Cl. The van der Waals surface area contributed by atoms with Crippen LogP contribution in [0.4, 0.5) is 5.69 Å². The summed E-state index contributed by atoms with van der Waals surface area (Å²) in [4.78, 5) is 105. The smallest absolute Gasteiger partial charge is 0.353 e. The quantitative estimate of drug-likeness (QED) is 0.0234. The van der Waals surface area contributed by atoms with Gasteiger partial charge in [0.15, 0.2) is 28.2 Å². The Labute approximate surface area is 658 Å². The zero-order chi connectivity index (χ0) is 72.9. The molecule has 5 aliphatic rings. The highest BCUT2D eigenvalue weighted by atomic mass is 35.5. The summed E-state index contributed by atoms with van der Waals surface area (Å²) in [6.07, 6.45) is 11.7. The van der Waals surface area contributed by atoms with Gasteiger partial charge >= 0.3 is 17.9 Å². The Bertz CT molecular complexity index is 5200. The Hall–Kier alpha value is -8.68. The third kappa shape index (κ3) is 16.7. The van der Waals surface area contributed by atoms with E-state index < -0.39 is 68.5 Å². The summed E-state index contributed by atoms with van der Waals surface area (Å²) in [5.74, 6) is -4.99. The lowest BCUT2D eigenvalue weighted by Crippen LogP contribution is -2.46. The van der Waals surface area contributed by atoms with Crippen molar-refractivity contribution < 1.29 is 34.1 Å². The molecule has 2 saturated carbocycles. The van der Waals surface area contributed by atoms with Crippen LogP contribution in [0, 0.1) is 11.8 Å². The average molecular weight is 1570 g/mol. The number of hydrogen-bond donors (Lipinski definition) is 8. The highest BCUT2D eigenvalue weighted by molar-refractivity contribution is 6.02. The number of nitrogens with zero attached hydrogens (tertiary/aromatic N) is 6. The van der Waals surface area contributed by atoms with Gasteiger partial charge in [-0.05, 0) is 205 Å². The summed E-state index contributed by atoms with van der Waals surface area (Å²) >= 11 is 0. The fraction of sp³-hybridized carbons (Fsp3) is 0.422. The third-order valence-electron chi connectivity index (χ3n) is 23.1. The van der Waals surface area contributed by atoms with Crippen LogP contribution in [0.3, 0.4) is 0 Å². The van der Waals surface area contributed by atoms with Gasteiger partial charge in [0, 0.05) is 157 Å². The first-order valence-corrected chi connectivity index (χ1v) is 37.9. The number of nitrogens with one attached hydrogen (secondary N) is 6. The number of aromatic hydroxyl groups is 1. The van der Waals surface area contributed by atoms with Crippen molar-refractivity contribution in [2.24, 2.45) is 33.0 Å². The summed E-state index contributed by atoms with van der Waals surface area (Å²) in [6.45, 7) is 15.3. The molecule has 2 aliphatic carbocycles. The number of piperidine rings is 2. The van der Waals surface area contributed by atoms with Crippen molar-refractivity contribution >= 4 is 106 Å². The minimum atomic E-state index is -1.70. The molecule has 0 radical (unpaired) electrons. The first kappa shape index (κ1) is 81.3. The van der Waals surface area contributed by atoms with E-state index in [1.807, 2.05) is 93.9 Å². The van der Waals surface area contributed by atoms with Crippen molar-refractivity contribution in [3.05, 3.63) is 185 Å². The van der Waals surface area contributed by atoms with Gasteiger partial charge in [-0.15, -0.1) is 49.6 Å². The van der Waals surface area contributed by atoms with Crippen molar-refractivity contribution in [3.63, 3.8) is 0 Å². The molecule has 5 fully saturated rings. The van der Waals surface area contributed by atoms with E-state index in [2.05, 4.69) is 89.6 Å². The van der Waals surface area contributed by atoms with Crippen molar-refractivity contribution in [2.45, 2.75) is 142 Å². The average Bonchev–Trinajstić information content (AvgIpc) is 1.05. The molecular formula is C83H100Cl4N12O10. The number of benzene rings is 4. The number of pyridine rings is 3. The fourth-order valence-corrected chi connectivity index (χ4v) is 16.9. The molecule has 6 aromatic heterocycles. The molecule has 15 rings (SSSR count). The lowest BCUT2D eigenvalue weighted by atomic mass is 9.98. The molecule has 580 valence electrons. The lowest BCUT2D eigenvalue weighted by molar-refractivity contribution is 0.0677. The molecule has 0 spiro atoms. The Balaban J connectivity index is 0.00000295. The van der Waals surface area contributed by atoms with Gasteiger partial charge in [0.1, 0.15) is 5.75 Å². The van der Waals surface area contributed by atoms with E-state index in [9.17, 15) is 24.6 Å². The molecule has 9 heterocycles. The van der Waals surface area contributed by atoms with E-state index in [0.29, 0.717) is 52.3 Å². The van der Waals surface area contributed by atoms with Crippen LogP contribution in [0.15, 0.2) is 118 Å². The van der Waals surface area contributed by atoms with Gasteiger partial charge in [0.2, 0.25) is 0 Å². The summed E-state index contributed by atoms with van der Waals surface area (Å²) in [7, 11) is 6.14. The first-order chi connectivity index (χ1) is 50.9. The molecule has 1 unspecified atom stereocenters. The van der Waals surface area contributed by atoms with Gasteiger partial charge in [0.05, 0.1) is 17.1 Å². The highest BCUT2D eigenvalue weighted by Gasteiger charge is 2.37. The van der Waals surface area contributed by atoms with Gasteiger partial charge in [-0.1, -0.05) is 57.2 Å². The number of fused-ring (bicyclic) bond motifs is 3. The number of aromatic nitrogens is 6. The van der Waals surface area contributed by atoms with E-state index in [-0.39, 0.29) is 97.0 Å². The summed E-state index contributed by atoms with van der Waals surface area (Å²) in [6, 6.07) is 35.1. The van der Waals surface area contributed by atoms with Crippen LogP contribution in [0.2, 0.25) is 0 Å². The molecule has 2 atom stereocenters. The summed E-state index contributed by atoms with van der Waals surface area (Å²) < 4.78 is 19.0. The molecule has 3 saturated heterocycles. The predicted molar refractivity (Wildman–Crippen MR) is 439 cm³/mol. The number of aromatic carboxylic acids is 1. The molecule has 10 aromatic rings. The number of carbonyl (C=O) groups excluding carboxylic acids is 2. The van der Waals surface area contributed by atoms with Crippen LogP contribution < -0.4 is 42.1 Å². The Morgan fingerprint density at radius 2 is 0.991 bits per heavy atom. The van der Waals surface area contributed by atoms with E-state index >= 15 is 14.4 Å². The maximum absolute atomic E-state index is 15.5. The number of halogens is 4. The van der Waals surface area contributed by atoms with E-state index in [0.717, 1.165) is 166 Å². The number of esters is 2. The van der Waals surface area contributed by atoms with Crippen LogP contribution in [0.25, 0.3) is 66.5 Å². The largest absolute Gasteiger partial charge is 0.506 e. The Kier molecular flexibility index (Phi) is 25.9. The monoisotopic (exact) mass is 1560 g/mol. The van der Waals surface area contributed by atoms with Crippen molar-refractivity contribution in [1.82, 2.24) is 54.0 Å². The van der Waals surface area contributed by atoms with E-state index in [1.54, 1.807) is 20.8 Å². The lowest BCUT2D eigenvalue weighted by Gasteiger charge is -2.35. The van der Waals surface area contributed by atoms with Crippen LogP contribution in [0.5, 0.6) is 17.2 Å². The van der Waals surface area contributed by atoms with Crippen LogP contribution in [0.1, 0.15) is 150 Å². The topological polar surface area (TPSA) is 269 Å². The van der Waals surface area contributed by atoms with Gasteiger partial charge in [-0.3, -0.25) is 29.1 Å². The number of para-hydroxylation sites is 1. The number of hydrogen-bond acceptors (Lipinski definition) is 15. The van der Waals surface area contributed by atoms with Crippen molar-refractivity contribution in [1.29, 1.82) is 0 Å². The maximum Gasteiger partial charge on any atom is 0.353 e. The number of carboxylic acids is 1. The number of ether oxygens (including phenoxy) is 2. The number of aryl methyl sites for hydroxylation is 3. The van der Waals surface area contributed by atoms with Gasteiger partial charge in [-0.25, -0.2) is 14.4 Å². The van der Waals surface area contributed by atoms with Crippen LogP contribution >= 0.6 is 49.6 Å². The second-order valence-corrected chi connectivity index (χ2v) is 29.8. The number of anilines is 1. The minimum absolute atomic E-state index is 0. The number of carboxylic acid groups (broad SMARTS) is 1. The zero-order valence-corrected chi connectivity index (χ0v) is 65.9. The third-order valence-corrected chi connectivity index (χ3v) is 23.1. The molecule has 0 amide bonds. The molecular weight excluding hydrogens is 1470 g/mol. The second-order valence-electron chi connectivity index (χ2n) is 29.8. The maximum atomic E-state index is 15.5.